The van der Waals surface area contributed by atoms with Crippen molar-refractivity contribution in [3.63, 3.8) is 0 Å². The Labute approximate surface area is 309 Å². The summed E-state index contributed by atoms with van der Waals surface area (Å²) in [6, 6.07) is 12.4. The minimum absolute atomic E-state index is 0.115. The number of aromatic amines is 2. The zero-order chi connectivity index (χ0) is 36.8. The van der Waals surface area contributed by atoms with E-state index in [0.29, 0.717) is 31.7 Å². The topological polar surface area (TPSA) is 196 Å². The summed E-state index contributed by atoms with van der Waals surface area (Å²) < 4.78 is 5.25. The lowest BCUT2D eigenvalue weighted by atomic mass is 9.86. The summed E-state index contributed by atoms with van der Waals surface area (Å²) >= 11 is 0. The average molecular weight is 723 g/mol. The first-order chi connectivity index (χ1) is 26.4. The Morgan fingerprint density at radius 1 is 0.759 bits per heavy atom. The van der Waals surface area contributed by atoms with Crippen molar-refractivity contribution in [2.75, 3.05) is 17.2 Å². The average Bonchev–Trinajstić information content (AvgIpc) is 3.99. The van der Waals surface area contributed by atoms with Crippen LogP contribution in [0.4, 0.5) is 23.0 Å². The van der Waals surface area contributed by atoms with E-state index in [0.717, 1.165) is 105 Å². The van der Waals surface area contributed by atoms with Crippen LogP contribution in [0.15, 0.2) is 59.0 Å². The number of benzene rings is 2. The summed E-state index contributed by atoms with van der Waals surface area (Å²) in [6.45, 7) is 3.73. The number of carboxylic acid groups (broad SMARTS) is 1. The third kappa shape index (κ3) is 6.22. The van der Waals surface area contributed by atoms with Gasteiger partial charge in [-0.2, -0.15) is 0 Å². The Balaban J connectivity index is 0.000000143. The Hall–Kier alpha value is -6.44. The Morgan fingerprint density at radius 3 is 1.80 bits per heavy atom. The van der Waals surface area contributed by atoms with E-state index < -0.39 is 5.97 Å². The number of aromatic nitrogens is 6. The van der Waals surface area contributed by atoms with Gasteiger partial charge >= 0.3 is 11.9 Å². The lowest BCUT2D eigenvalue weighted by Gasteiger charge is -2.21. The Kier molecular flexibility index (Phi) is 8.56. The van der Waals surface area contributed by atoms with Gasteiger partial charge in [0.05, 0.1) is 42.3 Å². The molecule has 272 valence electrons. The fourth-order valence-corrected chi connectivity index (χ4v) is 7.98. The lowest BCUT2D eigenvalue weighted by Crippen LogP contribution is -2.24. The molecule has 0 saturated heterocycles. The fourth-order valence-electron chi connectivity index (χ4n) is 7.98. The maximum Gasteiger partial charge on any atom is 0.309 e. The highest BCUT2D eigenvalue weighted by Gasteiger charge is 2.31. The van der Waals surface area contributed by atoms with E-state index in [1.807, 2.05) is 31.5 Å². The van der Waals surface area contributed by atoms with Gasteiger partial charge in [0.2, 0.25) is 0 Å². The molecule has 2 aliphatic carbocycles. The van der Waals surface area contributed by atoms with Crippen molar-refractivity contribution in [1.29, 1.82) is 0 Å². The first kappa shape index (κ1) is 33.4. The highest BCUT2D eigenvalue weighted by atomic mass is 16.5. The number of esters is 1. The van der Waals surface area contributed by atoms with Gasteiger partial charge in [0, 0.05) is 35.2 Å². The van der Waals surface area contributed by atoms with E-state index in [-0.39, 0.29) is 17.8 Å². The van der Waals surface area contributed by atoms with Crippen LogP contribution in [0.25, 0.3) is 22.1 Å². The summed E-state index contributed by atoms with van der Waals surface area (Å²) in [6.07, 6.45) is 11.0. The van der Waals surface area contributed by atoms with Crippen LogP contribution in [0.5, 0.6) is 0 Å². The first-order valence-electron chi connectivity index (χ1n) is 18.3. The van der Waals surface area contributed by atoms with Crippen LogP contribution in [-0.4, -0.2) is 66.0 Å². The van der Waals surface area contributed by atoms with Gasteiger partial charge in [-0.1, -0.05) is 12.1 Å². The second-order valence-electron chi connectivity index (χ2n) is 14.0. The van der Waals surface area contributed by atoms with E-state index in [1.165, 1.54) is 17.5 Å². The predicted molar refractivity (Wildman–Crippen MR) is 205 cm³/mol. The predicted octanol–water partition coefficient (Wildman–Crippen LogP) is 6.13. The molecule has 0 bridgehead atoms. The number of hydrogen-bond donors (Lipinski definition) is 5. The second kappa shape index (κ2) is 13.8. The van der Waals surface area contributed by atoms with Crippen molar-refractivity contribution in [2.45, 2.75) is 58.5 Å². The van der Waals surface area contributed by atoms with Gasteiger partial charge in [0.15, 0.2) is 0 Å². The number of carboxylic acids is 1. The number of aryl methyl sites for hydroxylation is 2. The molecule has 14 nitrogen and oxygen atoms in total. The number of carbonyl (C=O) groups excluding carboxylic acids is 1. The first-order valence-corrected chi connectivity index (χ1v) is 18.3. The number of hydrogen-bond acceptors (Lipinski definition) is 11. The third-order valence-corrected chi connectivity index (χ3v) is 10.7. The molecule has 2 atom stereocenters. The summed E-state index contributed by atoms with van der Waals surface area (Å²) in [7, 11) is 0. The molecule has 0 spiro atoms. The van der Waals surface area contributed by atoms with Gasteiger partial charge in [-0.25, -0.2) is 19.9 Å². The number of aliphatic imine (C=N–C) groups is 2. The van der Waals surface area contributed by atoms with Crippen molar-refractivity contribution < 1.29 is 19.4 Å². The number of aliphatic carboxylic acids is 1. The van der Waals surface area contributed by atoms with Gasteiger partial charge in [-0.3, -0.25) is 19.6 Å². The van der Waals surface area contributed by atoms with Crippen LogP contribution in [0.1, 0.15) is 64.5 Å². The molecule has 5 N–H and O–H groups in total. The minimum atomic E-state index is -0.741. The van der Waals surface area contributed by atoms with Crippen LogP contribution < -0.4 is 10.6 Å². The second-order valence-corrected chi connectivity index (χ2v) is 14.0. The number of anilines is 4. The smallest absolute Gasteiger partial charge is 0.309 e. The number of H-pyrrole nitrogens is 2. The van der Waals surface area contributed by atoms with Gasteiger partial charge in [0.1, 0.15) is 35.6 Å². The molecule has 4 aromatic heterocycles. The van der Waals surface area contributed by atoms with E-state index in [1.54, 1.807) is 6.33 Å². The molecular formula is C40H38N10O4. The fraction of sp³-hybridized carbons (Fsp3) is 0.300. The number of ether oxygens (including phenoxy) is 1. The zero-order valence-electron chi connectivity index (χ0n) is 29.6. The van der Waals surface area contributed by atoms with E-state index in [9.17, 15) is 14.7 Å². The summed E-state index contributed by atoms with van der Waals surface area (Å²) in [4.78, 5) is 56.7. The van der Waals surface area contributed by atoms with Crippen LogP contribution in [-0.2, 0) is 53.1 Å². The molecule has 0 saturated carbocycles. The van der Waals surface area contributed by atoms with Crippen molar-refractivity contribution in [2.24, 2.45) is 21.8 Å². The van der Waals surface area contributed by atoms with Gasteiger partial charge in [0.25, 0.3) is 0 Å². The standard InChI is InChI=1S/C21H21N5O2.C19H17N5O2/c1-2-28-21(27)12-4-6-17-16(8-12)18-19(23-11-24-20(18)26-17)25-15-5-3-13-9-22-10-14(13)7-15;25-19(26)10-2-4-15-14(6-10)16-17(21-9-22-18(16)24-15)23-13-3-1-11-7-20-8-12(11)5-13/h3,5,7,10-12H,2,4,6,8-9H2,1H3,(H2,23,24,25,26);1,3,5,8-10H,2,4,6-7H2,(H,25,26)(H2,21,22,23,24). The molecule has 0 amide bonds. The number of nitrogens with zero attached hydrogens (tertiary/aromatic N) is 6. The van der Waals surface area contributed by atoms with Crippen LogP contribution >= 0.6 is 0 Å². The SMILES string of the molecule is CCOC(=O)C1CCc2[nH]c3ncnc(Nc4ccc5c(c4)C=NC5)c3c2C1.O=C(O)C1CCc2[nH]c3ncnc(Nc4ccc5c(c4)C=NC5)c3c2C1. The molecule has 6 aromatic rings. The zero-order valence-corrected chi connectivity index (χ0v) is 29.6. The Morgan fingerprint density at radius 2 is 1.28 bits per heavy atom. The monoisotopic (exact) mass is 722 g/mol. The number of nitrogens with one attached hydrogen (secondary N) is 4. The lowest BCUT2D eigenvalue weighted by molar-refractivity contribution is -0.148. The number of rotatable bonds is 7. The largest absolute Gasteiger partial charge is 0.481 e. The molecule has 6 heterocycles. The molecule has 4 aliphatic rings. The van der Waals surface area contributed by atoms with Crippen LogP contribution in [0.3, 0.4) is 0 Å². The van der Waals surface area contributed by atoms with Crippen LogP contribution in [0, 0.1) is 11.8 Å². The molecule has 2 unspecified atom stereocenters. The maximum absolute atomic E-state index is 12.3. The normalized spacial score (nSPS) is 17.6. The van der Waals surface area contributed by atoms with Crippen molar-refractivity contribution >= 4 is 69.4 Å². The summed E-state index contributed by atoms with van der Waals surface area (Å²) in [5.41, 5.74) is 12.5. The molecule has 0 fully saturated rings. The van der Waals surface area contributed by atoms with Crippen molar-refractivity contribution in [3.8, 4) is 0 Å². The van der Waals surface area contributed by atoms with E-state index in [4.69, 9.17) is 4.74 Å². The molecule has 2 aliphatic heterocycles. The van der Waals surface area contributed by atoms with E-state index >= 15 is 0 Å². The molecular weight excluding hydrogens is 685 g/mol. The molecule has 0 radical (unpaired) electrons. The third-order valence-electron chi connectivity index (χ3n) is 10.7. The molecule has 54 heavy (non-hydrogen) atoms. The number of carbonyl (C=O) groups is 2. The molecule has 10 rings (SSSR count). The quantitative estimate of drug-likeness (QED) is 0.120. The summed E-state index contributed by atoms with van der Waals surface area (Å²) in [5.74, 6) is 0.123. The molecule has 2 aromatic carbocycles. The van der Waals surface area contributed by atoms with Crippen LogP contribution in [0.2, 0.25) is 0 Å². The van der Waals surface area contributed by atoms with Gasteiger partial charge in [-0.15, -0.1) is 0 Å². The van der Waals surface area contributed by atoms with Crippen molar-refractivity contribution in [1.82, 2.24) is 29.9 Å². The summed E-state index contributed by atoms with van der Waals surface area (Å²) in [5, 5.41) is 18.1. The van der Waals surface area contributed by atoms with E-state index in [2.05, 4.69) is 74.8 Å². The minimum Gasteiger partial charge on any atom is -0.481 e. The van der Waals surface area contributed by atoms with Gasteiger partial charge < -0.3 is 30.4 Å². The molecule has 14 heteroatoms. The number of fused-ring (bicyclic) bond motifs is 8. The highest BCUT2D eigenvalue weighted by Crippen LogP contribution is 2.37. The maximum atomic E-state index is 12.3. The highest BCUT2D eigenvalue weighted by molar-refractivity contribution is 5.96. The van der Waals surface area contributed by atoms with Gasteiger partial charge in [-0.05, 0) is 103 Å². The van der Waals surface area contributed by atoms with Crippen molar-refractivity contribution in [3.05, 3.63) is 93.8 Å². The Bertz CT molecular complexity index is 2520.